The Bertz CT molecular complexity index is 1150. The molecule has 3 aromatic rings. The van der Waals surface area contributed by atoms with Gasteiger partial charge in [0, 0.05) is 57.6 Å². The summed E-state index contributed by atoms with van der Waals surface area (Å²) in [6.07, 6.45) is 4.84. The van der Waals surface area contributed by atoms with Crippen LogP contribution in [-0.2, 0) is 23.5 Å². The lowest BCUT2D eigenvalue weighted by Crippen LogP contribution is -2.48. The van der Waals surface area contributed by atoms with Gasteiger partial charge >= 0.3 is 0 Å². The van der Waals surface area contributed by atoms with Crippen LogP contribution in [0, 0.1) is 11.3 Å². The number of hydrogen-bond acceptors (Lipinski definition) is 5. The first-order valence-corrected chi connectivity index (χ1v) is 11.0. The minimum atomic E-state index is -3.52. The first-order chi connectivity index (χ1) is 14.0. The van der Waals surface area contributed by atoms with E-state index in [1.807, 2.05) is 23.8 Å². The molecule has 0 radical (unpaired) electrons. The van der Waals surface area contributed by atoms with E-state index in [2.05, 4.69) is 22.1 Å². The van der Waals surface area contributed by atoms with Crippen LogP contribution < -0.4 is 0 Å². The number of fused-ring (bicyclic) bond motifs is 1. The standard InChI is InChI=1S/C21H23N5O2S/c1-24-16-18(20-3-2-9-23-21(20)24)8-10-25-11-13-26(14-12-25)29(27,28)19-6-4-17(15-22)5-7-19/h2-7,9,16H,8,10-14H2,1H3. The Morgan fingerprint density at radius 1 is 1.10 bits per heavy atom. The van der Waals surface area contributed by atoms with Crippen LogP contribution in [0.3, 0.4) is 0 Å². The third kappa shape index (κ3) is 3.90. The number of nitrogens with zero attached hydrogens (tertiary/aromatic N) is 5. The van der Waals surface area contributed by atoms with Gasteiger partial charge in [-0.25, -0.2) is 13.4 Å². The zero-order chi connectivity index (χ0) is 20.4. The van der Waals surface area contributed by atoms with Crippen molar-refractivity contribution in [3.63, 3.8) is 0 Å². The zero-order valence-corrected chi connectivity index (χ0v) is 17.1. The summed E-state index contributed by atoms with van der Waals surface area (Å²) >= 11 is 0. The van der Waals surface area contributed by atoms with Gasteiger partial charge in [-0.05, 0) is 48.4 Å². The average Bonchev–Trinajstić information content (AvgIpc) is 3.08. The van der Waals surface area contributed by atoms with Gasteiger partial charge in [0.25, 0.3) is 0 Å². The van der Waals surface area contributed by atoms with Crippen LogP contribution in [0.4, 0.5) is 0 Å². The van der Waals surface area contributed by atoms with Crippen LogP contribution >= 0.6 is 0 Å². The Morgan fingerprint density at radius 2 is 1.83 bits per heavy atom. The average molecular weight is 410 g/mol. The first kappa shape index (κ1) is 19.6. The fourth-order valence-electron chi connectivity index (χ4n) is 3.81. The van der Waals surface area contributed by atoms with Gasteiger partial charge < -0.3 is 9.47 Å². The third-order valence-corrected chi connectivity index (χ3v) is 7.38. The fraction of sp³-hybridized carbons (Fsp3) is 0.333. The molecule has 150 valence electrons. The van der Waals surface area contributed by atoms with E-state index in [9.17, 15) is 8.42 Å². The Morgan fingerprint density at radius 3 is 2.52 bits per heavy atom. The number of aryl methyl sites for hydroxylation is 1. The molecule has 3 heterocycles. The summed E-state index contributed by atoms with van der Waals surface area (Å²) in [6, 6.07) is 12.2. The number of benzene rings is 1. The van der Waals surface area contributed by atoms with Crippen molar-refractivity contribution in [2.45, 2.75) is 11.3 Å². The first-order valence-electron chi connectivity index (χ1n) is 9.60. The quantitative estimate of drug-likeness (QED) is 0.644. The lowest BCUT2D eigenvalue weighted by atomic mass is 10.1. The molecule has 8 heteroatoms. The minimum Gasteiger partial charge on any atom is -0.335 e. The molecule has 0 bridgehead atoms. The Hall–Kier alpha value is -2.73. The lowest BCUT2D eigenvalue weighted by molar-refractivity contribution is 0.190. The molecule has 29 heavy (non-hydrogen) atoms. The summed E-state index contributed by atoms with van der Waals surface area (Å²) in [7, 11) is -1.51. The van der Waals surface area contributed by atoms with Crippen molar-refractivity contribution in [1.82, 2.24) is 18.8 Å². The van der Waals surface area contributed by atoms with E-state index in [1.54, 1.807) is 18.3 Å². The van der Waals surface area contributed by atoms with Crippen molar-refractivity contribution in [1.29, 1.82) is 5.26 Å². The maximum Gasteiger partial charge on any atom is 0.243 e. The van der Waals surface area contributed by atoms with Gasteiger partial charge in [0.2, 0.25) is 10.0 Å². The largest absolute Gasteiger partial charge is 0.335 e. The van der Waals surface area contributed by atoms with E-state index in [-0.39, 0.29) is 4.90 Å². The van der Waals surface area contributed by atoms with E-state index < -0.39 is 10.0 Å². The monoisotopic (exact) mass is 409 g/mol. The molecule has 1 aromatic carbocycles. The van der Waals surface area contributed by atoms with E-state index in [0.717, 1.165) is 18.6 Å². The minimum absolute atomic E-state index is 0.244. The molecule has 0 spiro atoms. The van der Waals surface area contributed by atoms with E-state index in [4.69, 9.17) is 5.26 Å². The van der Waals surface area contributed by atoms with E-state index in [0.29, 0.717) is 31.7 Å². The second-order valence-corrected chi connectivity index (χ2v) is 9.21. The molecule has 0 saturated carbocycles. The van der Waals surface area contributed by atoms with E-state index >= 15 is 0 Å². The Labute approximate surface area is 170 Å². The van der Waals surface area contributed by atoms with Crippen molar-refractivity contribution in [3.8, 4) is 6.07 Å². The number of pyridine rings is 1. The summed E-state index contributed by atoms with van der Waals surface area (Å²) in [5.74, 6) is 0. The van der Waals surface area contributed by atoms with Crippen molar-refractivity contribution < 1.29 is 8.42 Å². The normalized spacial score (nSPS) is 16.1. The number of nitriles is 1. The van der Waals surface area contributed by atoms with Gasteiger partial charge in [0.15, 0.2) is 0 Å². The van der Waals surface area contributed by atoms with Crippen molar-refractivity contribution in [2.75, 3.05) is 32.7 Å². The predicted molar refractivity (Wildman–Crippen MR) is 111 cm³/mol. The molecule has 4 rings (SSSR count). The van der Waals surface area contributed by atoms with Crippen LogP contribution in [-0.4, -0.2) is 59.9 Å². The SMILES string of the molecule is Cn1cc(CCN2CCN(S(=O)(=O)c3ccc(C#N)cc3)CC2)c2cccnc21. The smallest absolute Gasteiger partial charge is 0.243 e. The van der Waals surface area contributed by atoms with Crippen LogP contribution in [0.5, 0.6) is 0 Å². The van der Waals surface area contributed by atoms with Gasteiger partial charge in [-0.2, -0.15) is 9.57 Å². The van der Waals surface area contributed by atoms with Gasteiger partial charge in [0.05, 0.1) is 16.5 Å². The highest BCUT2D eigenvalue weighted by Crippen LogP contribution is 2.21. The maximum atomic E-state index is 12.8. The van der Waals surface area contributed by atoms with Crippen LogP contribution in [0.1, 0.15) is 11.1 Å². The molecule has 2 aromatic heterocycles. The zero-order valence-electron chi connectivity index (χ0n) is 16.3. The van der Waals surface area contributed by atoms with Crippen molar-refractivity contribution in [2.24, 2.45) is 7.05 Å². The van der Waals surface area contributed by atoms with Gasteiger partial charge in [0.1, 0.15) is 5.65 Å². The summed E-state index contributed by atoms with van der Waals surface area (Å²) in [5, 5.41) is 10.1. The maximum absolute atomic E-state index is 12.8. The molecule has 1 saturated heterocycles. The molecule has 0 unspecified atom stereocenters. The summed E-state index contributed by atoms with van der Waals surface area (Å²) in [6.45, 7) is 3.24. The molecular weight excluding hydrogens is 386 g/mol. The molecule has 1 aliphatic rings. The number of hydrogen-bond donors (Lipinski definition) is 0. The molecular formula is C21H23N5O2S. The number of aromatic nitrogens is 2. The summed E-state index contributed by atoms with van der Waals surface area (Å²) in [4.78, 5) is 6.98. The molecule has 0 aliphatic carbocycles. The van der Waals surface area contributed by atoms with E-state index in [1.165, 1.54) is 27.4 Å². The molecule has 1 fully saturated rings. The lowest BCUT2D eigenvalue weighted by Gasteiger charge is -2.34. The second kappa shape index (κ2) is 7.95. The van der Waals surface area contributed by atoms with Crippen LogP contribution in [0.25, 0.3) is 11.0 Å². The molecule has 0 N–H and O–H groups in total. The van der Waals surface area contributed by atoms with Crippen molar-refractivity contribution in [3.05, 3.63) is 59.9 Å². The number of rotatable bonds is 5. The third-order valence-electron chi connectivity index (χ3n) is 5.47. The van der Waals surface area contributed by atoms with Gasteiger partial charge in [-0.3, -0.25) is 0 Å². The number of piperazine rings is 1. The Kier molecular flexibility index (Phi) is 5.37. The van der Waals surface area contributed by atoms with Crippen LogP contribution in [0.15, 0.2) is 53.7 Å². The fourth-order valence-corrected chi connectivity index (χ4v) is 5.24. The Balaban J connectivity index is 1.37. The summed E-state index contributed by atoms with van der Waals surface area (Å²) in [5.41, 5.74) is 2.71. The molecule has 0 amide bonds. The highest BCUT2D eigenvalue weighted by Gasteiger charge is 2.28. The highest BCUT2D eigenvalue weighted by molar-refractivity contribution is 7.89. The highest BCUT2D eigenvalue weighted by atomic mass is 32.2. The predicted octanol–water partition coefficient (Wildman–Crippen LogP) is 1.99. The van der Waals surface area contributed by atoms with Crippen molar-refractivity contribution >= 4 is 21.1 Å². The molecule has 0 atom stereocenters. The molecule has 1 aliphatic heterocycles. The second-order valence-electron chi connectivity index (χ2n) is 7.27. The molecule has 7 nitrogen and oxygen atoms in total. The van der Waals surface area contributed by atoms with Gasteiger partial charge in [-0.1, -0.05) is 0 Å². The number of sulfonamides is 1. The topological polar surface area (TPSA) is 82.2 Å². The van der Waals surface area contributed by atoms with Crippen LogP contribution in [0.2, 0.25) is 0 Å². The summed E-state index contributed by atoms with van der Waals surface area (Å²) < 4.78 is 29.3. The van der Waals surface area contributed by atoms with Gasteiger partial charge in [-0.15, -0.1) is 0 Å².